The Balaban J connectivity index is 2.46. The maximum absolute atomic E-state index is 11.5. The van der Waals surface area contributed by atoms with E-state index in [0.29, 0.717) is 5.25 Å². The van der Waals surface area contributed by atoms with E-state index < -0.39 is 0 Å². The highest BCUT2D eigenvalue weighted by atomic mass is 32.2. The van der Waals surface area contributed by atoms with E-state index >= 15 is 0 Å². The lowest BCUT2D eigenvalue weighted by Crippen LogP contribution is -2.09. The third-order valence-corrected chi connectivity index (χ3v) is 6.96. The summed E-state index contributed by atoms with van der Waals surface area (Å²) in [6.07, 6.45) is 4.76. The topological polar surface area (TPSA) is 42.9 Å². The molecule has 3 nitrogen and oxygen atoms in total. The van der Waals surface area contributed by atoms with E-state index in [1.165, 1.54) is 17.8 Å². The molecule has 0 fully saturated rings. The van der Waals surface area contributed by atoms with Crippen LogP contribution in [0.1, 0.15) is 33.1 Å². The monoisotopic (exact) mass is 348 g/mol. The predicted molar refractivity (Wildman–Crippen MR) is 93.1 cm³/mol. The van der Waals surface area contributed by atoms with Crippen molar-refractivity contribution in [1.29, 1.82) is 0 Å². The van der Waals surface area contributed by atoms with Crippen molar-refractivity contribution in [3.05, 3.63) is 12.7 Å². The van der Waals surface area contributed by atoms with Crippen LogP contribution >= 0.6 is 46.6 Å². The van der Waals surface area contributed by atoms with Gasteiger partial charge in [0.15, 0.2) is 8.68 Å². The number of aromatic nitrogens is 2. The molecule has 1 aromatic heterocycles. The van der Waals surface area contributed by atoms with E-state index in [2.05, 4.69) is 30.6 Å². The van der Waals surface area contributed by atoms with Crippen LogP contribution in [0.25, 0.3) is 0 Å². The number of carbonyl (C=O) groups is 1. The quantitative estimate of drug-likeness (QED) is 0.449. The van der Waals surface area contributed by atoms with Gasteiger partial charge in [-0.3, -0.25) is 4.79 Å². The van der Waals surface area contributed by atoms with Crippen LogP contribution in [0.4, 0.5) is 0 Å². The molecule has 0 saturated carbocycles. The molecule has 1 aromatic rings. The largest absolute Gasteiger partial charge is 0.282 e. The summed E-state index contributed by atoms with van der Waals surface area (Å²) >= 11 is 6.45. The van der Waals surface area contributed by atoms with Crippen molar-refractivity contribution in [2.24, 2.45) is 0 Å². The van der Waals surface area contributed by atoms with Crippen LogP contribution in [0.15, 0.2) is 21.3 Å². The van der Waals surface area contributed by atoms with Crippen LogP contribution in [0, 0.1) is 0 Å². The molecule has 0 aliphatic rings. The zero-order chi connectivity index (χ0) is 14.8. The van der Waals surface area contributed by atoms with Crippen molar-refractivity contribution >= 4 is 51.7 Å². The summed E-state index contributed by atoms with van der Waals surface area (Å²) in [5.74, 6) is 1.91. The van der Waals surface area contributed by atoms with E-state index in [-0.39, 0.29) is 5.12 Å². The van der Waals surface area contributed by atoms with Crippen LogP contribution in [-0.2, 0) is 4.79 Å². The fourth-order valence-electron chi connectivity index (χ4n) is 1.42. The van der Waals surface area contributed by atoms with Gasteiger partial charge < -0.3 is 0 Å². The van der Waals surface area contributed by atoms with Gasteiger partial charge in [-0.05, 0) is 18.2 Å². The Labute approximate surface area is 137 Å². The average Bonchev–Trinajstić information content (AvgIpc) is 2.89. The minimum Gasteiger partial charge on any atom is -0.282 e. The van der Waals surface area contributed by atoms with Gasteiger partial charge in [0.2, 0.25) is 5.12 Å². The third kappa shape index (κ3) is 7.15. The lowest BCUT2D eigenvalue weighted by Gasteiger charge is -2.12. The first kappa shape index (κ1) is 18.1. The van der Waals surface area contributed by atoms with Crippen molar-refractivity contribution in [2.75, 3.05) is 11.5 Å². The molecular weight excluding hydrogens is 328 g/mol. The van der Waals surface area contributed by atoms with E-state index in [0.717, 1.165) is 39.4 Å². The standard InChI is InChI=1S/C13H20N2OS4/c1-4-7-8-10(19-11(16)5-2)9-18-13-15-14-12(20-13)17-6-3/h5,10H,2,4,6-9H2,1,3H3. The Morgan fingerprint density at radius 1 is 1.35 bits per heavy atom. The third-order valence-electron chi connectivity index (χ3n) is 2.38. The normalized spacial score (nSPS) is 12.3. The molecule has 1 rings (SSSR count). The number of thioether (sulfide) groups is 3. The zero-order valence-corrected chi connectivity index (χ0v) is 15.1. The summed E-state index contributed by atoms with van der Waals surface area (Å²) in [7, 11) is 0. The number of hydrogen-bond donors (Lipinski definition) is 0. The van der Waals surface area contributed by atoms with Crippen LogP contribution in [0.3, 0.4) is 0 Å². The van der Waals surface area contributed by atoms with Crippen LogP contribution in [0.2, 0.25) is 0 Å². The number of rotatable bonds is 10. The molecule has 1 heterocycles. The van der Waals surface area contributed by atoms with Gasteiger partial charge in [-0.2, -0.15) is 0 Å². The lowest BCUT2D eigenvalue weighted by atomic mass is 10.2. The molecule has 0 amide bonds. The van der Waals surface area contributed by atoms with Gasteiger partial charge in [-0.25, -0.2) is 0 Å². The van der Waals surface area contributed by atoms with Crippen LogP contribution in [-0.4, -0.2) is 32.1 Å². The van der Waals surface area contributed by atoms with E-state index in [9.17, 15) is 4.79 Å². The van der Waals surface area contributed by atoms with E-state index in [4.69, 9.17) is 0 Å². The van der Waals surface area contributed by atoms with Crippen molar-refractivity contribution in [3.63, 3.8) is 0 Å². The van der Waals surface area contributed by atoms with Gasteiger partial charge in [0.1, 0.15) is 0 Å². The molecule has 20 heavy (non-hydrogen) atoms. The Kier molecular flexibility index (Phi) is 9.67. The lowest BCUT2D eigenvalue weighted by molar-refractivity contribution is -0.107. The highest BCUT2D eigenvalue weighted by Crippen LogP contribution is 2.31. The minimum absolute atomic E-state index is 0.0613. The molecule has 0 radical (unpaired) electrons. The summed E-state index contributed by atoms with van der Waals surface area (Å²) < 4.78 is 2.02. The van der Waals surface area contributed by atoms with Gasteiger partial charge in [0.25, 0.3) is 0 Å². The van der Waals surface area contributed by atoms with Gasteiger partial charge in [-0.1, -0.05) is 79.9 Å². The second kappa shape index (κ2) is 10.7. The summed E-state index contributed by atoms with van der Waals surface area (Å²) in [5.41, 5.74) is 0. The summed E-state index contributed by atoms with van der Waals surface area (Å²) in [4.78, 5) is 11.5. The molecule has 0 N–H and O–H groups in total. The second-order valence-electron chi connectivity index (χ2n) is 3.98. The Morgan fingerprint density at radius 3 is 2.65 bits per heavy atom. The molecule has 0 bridgehead atoms. The fourth-order valence-corrected chi connectivity index (χ4v) is 5.52. The Hall–Kier alpha value is 0.0200. The van der Waals surface area contributed by atoms with Gasteiger partial charge in [-0.15, -0.1) is 10.2 Å². The zero-order valence-electron chi connectivity index (χ0n) is 11.8. The molecule has 1 unspecified atom stereocenters. The molecule has 1 atom stereocenters. The van der Waals surface area contributed by atoms with E-state index in [1.807, 2.05) is 0 Å². The number of carbonyl (C=O) groups excluding carboxylic acids is 1. The fraction of sp³-hybridized carbons (Fsp3) is 0.615. The molecule has 0 aliphatic heterocycles. The SMILES string of the molecule is C=CC(=O)SC(CCCC)CSc1nnc(SCC)s1. The first-order valence-electron chi connectivity index (χ1n) is 6.61. The Bertz CT molecular complexity index is 422. The molecule has 112 valence electrons. The number of hydrogen-bond acceptors (Lipinski definition) is 7. The van der Waals surface area contributed by atoms with Crippen molar-refractivity contribution in [2.45, 2.75) is 47.0 Å². The summed E-state index contributed by atoms with van der Waals surface area (Å²) in [6, 6.07) is 0. The molecular formula is C13H20N2OS4. The maximum atomic E-state index is 11.5. The van der Waals surface area contributed by atoms with Gasteiger partial charge in [0, 0.05) is 11.0 Å². The van der Waals surface area contributed by atoms with Gasteiger partial charge in [0.05, 0.1) is 0 Å². The molecule has 0 spiro atoms. The second-order valence-corrected chi connectivity index (χ2v) is 9.04. The van der Waals surface area contributed by atoms with Crippen molar-refractivity contribution < 1.29 is 4.79 Å². The van der Waals surface area contributed by atoms with Gasteiger partial charge >= 0.3 is 0 Å². The van der Waals surface area contributed by atoms with Crippen LogP contribution in [0.5, 0.6) is 0 Å². The summed E-state index contributed by atoms with van der Waals surface area (Å²) in [6.45, 7) is 7.81. The van der Waals surface area contributed by atoms with E-state index in [1.54, 1.807) is 34.9 Å². The van der Waals surface area contributed by atoms with Crippen molar-refractivity contribution in [3.8, 4) is 0 Å². The van der Waals surface area contributed by atoms with Crippen molar-refractivity contribution in [1.82, 2.24) is 10.2 Å². The molecule has 7 heteroatoms. The highest BCUT2D eigenvalue weighted by Gasteiger charge is 2.15. The highest BCUT2D eigenvalue weighted by molar-refractivity contribution is 8.15. The Morgan fingerprint density at radius 2 is 2.05 bits per heavy atom. The molecule has 0 aromatic carbocycles. The minimum atomic E-state index is 0.0613. The summed E-state index contributed by atoms with van der Waals surface area (Å²) in [5, 5.41) is 8.72. The molecule has 0 aliphatic carbocycles. The first-order valence-corrected chi connectivity index (χ1v) is 10.3. The number of unbranched alkanes of at least 4 members (excludes halogenated alkanes) is 1. The predicted octanol–water partition coefficient (Wildman–Crippen LogP) is 4.75. The average molecular weight is 349 g/mol. The number of nitrogens with zero attached hydrogens (tertiary/aromatic N) is 2. The molecule has 0 saturated heterocycles. The van der Waals surface area contributed by atoms with Crippen LogP contribution < -0.4 is 0 Å². The first-order chi connectivity index (χ1) is 9.69. The smallest absolute Gasteiger partial charge is 0.211 e. The maximum Gasteiger partial charge on any atom is 0.211 e.